The van der Waals surface area contributed by atoms with Crippen LogP contribution in [0, 0.1) is 5.82 Å². The minimum Gasteiger partial charge on any atom is -0.489 e. The van der Waals surface area contributed by atoms with Gasteiger partial charge in [0.2, 0.25) is 15.3 Å². The van der Waals surface area contributed by atoms with E-state index >= 15 is 0 Å². The standard InChI is InChI=1S/C29H25F3N4O4S/c30-9-7-17-3-5-23(36-27(17)16-1-2-16)22-6-4-18-14-33-20(13-24(18)35-22)15-34-29(37)19-11-21(31)28-25(12-19)41(38,39)26(32)8-10-40-28/h3-6,11-14,16,26H,1-2,7-10,15H2,(H,34,37)/t26-/m1/s1. The van der Waals surface area contributed by atoms with Crippen LogP contribution in [0.15, 0.2) is 53.6 Å². The largest absolute Gasteiger partial charge is 0.489 e. The van der Waals surface area contributed by atoms with Gasteiger partial charge < -0.3 is 10.1 Å². The lowest BCUT2D eigenvalue weighted by atomic mass is 10.1. The lowest BCUT2D eigenvalue weighted by molar-refractivity contribution is 0.0949. The van der Waals surface area contributed by atoms with Crippen molar-refractivity contribution in [2.45, 2.75) is 48.5 Å². The van der Waals surface area contributed by atoms with Crippen LogP contribution >= 0.6 is 0 Å². The fraction of sp³-hybridized carbons (Fsp3) is 0.310. The number of carbonyl (C=O) groups is 1. The Morgan fingerprint density at radius 2 is 1.83 bits per heavy atom. The Hall–Kier alpha value is -4.06. The number of sulfone groups is 1. The van der Waals surface area contributed by atoms with Gasteiger partial charge in [0, 0.05) is 41.6 Å². The van der Waals surface area contributed by atoms with E-state index in [2.05, 4.69) is 10.3 Å². The molecule has 0 radical (unpaired) electrons. The molecule has 0 saturated heterocycles. The average Bonchev–Trinajstić information content (AvgIpc) is 3.82. The summed E-state index contributed by atoms with van der Waals surface area (Å²) in [5.74, 6) is -2.07. The number of hydrogen-bond acceptors (Lipinski definition) is 7. The molecule has 1 atom stereocenters. The van der Waals surface area contributed by atoms with Crippen molar-refractivity contribution in [2.24, 2.45) is 0 Å². The molecule has 6 rings (SSSR count). The fourth-order valence-electron chi connectivity index (χ4n) is 4.84. The van der Waals surface area contributed by atoms with E-state index in [4.69, 9.17) is 14.7 Å². The van der Waals surface area contributed by atoms with Crippen LogP contribution in [0.1, 0.15) is 52.5 Å². The van der Waals surface area contributed by atoms with E-state index in [-0.39, 0.29) is 18.7 Å². The number of benzene rings is 1. The van der Waals surface area contributed by atoms with E-state index in [1.54, 1.807) is 12.3 Å². The zero-order valence-corrected chi connectivity index (χ0v) is 22.6. The first-order chi connectivity index (χ1) is 19.7. The van der Waals surface area contributed by atoms with Gasteiger partial charge in [-0.25, -0.2) is 22.2 Å². The molecule has 12 heteroatoms. The molecule has 1 amide bonds. The maximum atomic E-state index is 14.7. The second-order valence-electron chi connectivity index (χ2n) is 10.1. The minimum atomic E-state index is -4.52. The Morgan fingerprint density at radius 3 is 2.61 bits per heavy atom. The van der Waals surface area contributed by atoms with Crippen molar-refractivity contribution in [3.63, 3.8) is 0 Å². The zero-order valence-electron chi connectivity index (χ0n) is 21.7. The molecule has 0 unspecified atom stereocenters. The van der Waals surface area contributed by atoms with Crippen LogP contribution in [-0.2, 0) is 22.8 Å². The number of halogens is 3. The topological polar surface area (TPSA) is 111 Å². The van der Waals surface area contributed by atoms with Gasteiger partial charge in [0.25, 0.3) is 5.91 Å². The first-order valence-electron chi connectivity index (χ1n) is 13.2. The average molecular weight is 583 g/mol. The number of nitrogens with one attached hydrogen (secondary N) is 1. The summed E-state index contributed by atoms with van der Waals surface area (Å²) >= 11 is 0. The lowest BCUT2D eigenvalue weighted by Crippen LogP contribution is -2.24. The van der Waals surface area contributed by atoms with Crippen LogP contribution in [0.2, 0.25) is 0 Å². The van der Waals surface area contributed by atoms with Gasteiger partial charge in [0.05, 0.1) is 42.4 Å². The highest BCUT2D eigenvalue weighted by atomic mass is 32.2. The van der Waals surface area contributed by atoms with Crippen molar-refractivity contribution in [1.29, 1.82) is 0 Å². The predicted molar refractivity (Wildman–Crippen MR) is 144 cm³/mol. The van der Waals surface area contributed by atoms with E-state index < -0.39 is 50.8 Å². The number of rotatable bonds is 7. The first kappa shape index (κ1) is 27.1. The smallest absolute Gasteiger partial charge is 0.251 e. The van der Waals surface area contributed by atoms with Gasteiger partial charge in [-0.2, -0.15) is 0 Å². The number of carbonyl (C=O) groups excluding carboxylic acids is 1. The molecule has 8 nitrogen and oxygen atoms in total. The van der Waals surface area contributed by atoms with Crippen molar-refractivity contribution in [3.8, 4) is 17.1 Å². The third kappa shape index (κ3) is 5.35. The predicted octanol–water partition coefficient (Wildman–Crippen LogP) is 5.00. The van der Waals surface area contributed by atoms with Crippen LogP contribution < -0.4 is 10.1 Å². The van der Waals surface area contributed by atoms with Gasteiger partial charge in [-0.1, -0.05) is 6.07 Å². The number of amides is 1. The van der Waals surface area contributed by atoms with Crippen molar-refractivity contribution in [2.75, 3.05) is 13.3 Å². The first-order valence-corrected chi connectivity index (χ1v) is 14.7. The number of pyridine rings is 3. The normalized spacial score (nSPS) is 17.9. The maximum Gasteiger partial charge on any atom is 0.251 e. The highest BCUT2D eigenvalue weighted by molar-refractivity contribution is 7.92. The summed E-state index contributed by atoms with van der Waals surface area (Å²) in [6.45, 7) is -0.799. The summed E-state index contributed by atoms with van der Waals surface area (Å²) < 4.78 is 71.9. The van der Waals surface area contributed by atoms with Gasteiger partial charge in [-0.15, -0.1) is 0 Å². The molecule has 1 aromatic carbocycles. The van der Waals surface area contributed by atoms with Crippen LogP contribution in [0.3, 0.4) is 0 Å². The number of fused-ring (bicyclic) bond motifs is 2. The van der Waals surface area contributed by atoms with Gasteiger partial charge in [-0.3, -0.25) is 19.2 Å². The Morgan fingerprint density at radius 1 is 1.05 bits per heavy atom. The molecule has 1 saturated carbocycles. The van der Waals surface area contributed by atoms with Crippen molar-refractivity contribution >= 4 is 26.6 Å². The molecule has 1 aliphatic carbocycles. The fourth-order valence-corrected chi connectivity index (χ4v) is 6.23. The molecule has 212 valence electrons. The quantitative estimate of drug-likeness (QED) is 0.326. The molecule has 0 bridgehead atoms. The monoisotopic (exact) mass is 582 g/mol. The summed E-state index contributed by atoms with van der Waals surface area (Å²) in [7, 11) is -4.52. The minimum absolute atomic E-state index is 0.0592. The number of ether oxygens (including phenoxy) is 1. The number of aromatic nitrogens is 3. The molecule has 41 heavy (non-hydrogen) atoms. The molecule has 3 aromatic heterocycles. The maximum absolute atomic E-state index is 14.7. The van der Waals surface area contributed by atoms with Gasteiger partial charge in [0.1, 0.15) is 4.90 Å². The van der Waals surface area contributed by atoms with Gasteiger partial charge in [0.15, 0.2) is 11.6 Å². The third-order valence-corrected chi connectivity index (χ3v) is 8.99. The summed E-state index contributed by atoms with van der Waals surface area (Å²) in [6, 6.07) is 10.9. The second kappa shape index (κ2) is 10.7. The summed E-state index contributed by atoms with van der Waals surface area (Å²) in [4.78, 5) is 26.0. The van der Waals surface area contributed by atoms with Gasteiger partial charge in [-0.05, 0) is 54.8 Å². The number of aryl methyl sites for hydroxylation is 1. The summed E-state index contributed by atoms with van der Waals surface area (Å²) in [6.07, 6.45) is 3.58. The second-order valence-corrected chi connectivity index (χ2v) is 12.1. The van der Waals surface area contributed by atoms with E-state index in [0.29, 0.717) is 34.9 Å². The zero-order chi connectivity index (χ0) is 28.7. The Kier molecular flexibility index (Phi) is 7.10. The molecule has 1 fully saturated rings. The summed E-state index contributed by atoms with van der Waals surface area (Å²) in [5.41, 5.74) is 1.68. The molecule has 2 aliphatic rings. The number of nitrogens with zero attached hydrogens (tertiary/aromatic N) is 3. The highest BCUT2D eigenvalue weighted by Crippen LogP contribution is 2.41. The van der Waals surface area contributed by atoms with E-state index in [1.807, 2.05) is 24.3 Å². The molecular weight excluding hydrogens is 557 g/mol. The van der Waals surface area contributed by atoms with Crippen LogP contribution in [0.5, 0.6) is 5.75 Å². The van der Waals surface area contributed by atoms with Crippen LogP contribution in [-0.4, -0.2) is 48.1 Å². The molecule has 1 aliphatic heterocycles. The number of hydrogen-bond donors (Lipinski definition) is 1. The molecule has 4 heterocycles. The molecule has 0 spiro atoms. The van der Waals surface area contributed by atoms with E-state index in [1.165, 1.54) is 0 Å². The molecule has 4 aromatic rings. The van der Waals surface area contributed by atoms with Crippen LogP contribution in [0.4, 0.5) is 13.2 Å². The van der Waals surface area contributed by atoms with Crippen molar-refractivity contribution < 1.29 is 31.1 Å². The van der Waals surface area contributed by atoms with Crippen LogP contribution in [0.25, 0.3) is 22.3 Å². The van der Waals surface area contributed by atoms with Crippen molar-refractivity contribution in [3.05, 3.63) is 77.0 Å². The van der Waals surface area contributed by atoms with Gasteiger partial charge >= 0.3 is 0 Å². The Balaban J connectivity index is 1.23. The van der Waals surface area contributed by atoms with E-state index in [0.717, 1.165) is 41.6 Å². The molecular formula is C29H25F3N4O4S. The SMILES string of the molecule is O=C(NCc1cc2nc(-c3ccc(CCF)c(C4CC4)n3)ccc2cn1)c1cc(F)c2c(c1)S(=O)(=O)[C@@H](F)CCO2. The van der Waals surface area contributed by atoms with Crippen molar-refractivity contribution in [1.82, 2.24) is 20.3 Å². The number of alkyl halides is 2. The van der Waals surface area contributed by atoms with E-state index in [9.17, 15) is 26.4 Å². The Labute approximate surface area is 233 Å². The Bertz CT molecular complexity index is 1780. The lowest BCUT2D eigenvalue weighted by Gasteiger charge is -2.12. The molecule has 1 N–H and O–H groups in total. The third-order valence-electron chi connectivity index (χ3n) is 7.17. The summed E-state index contributed by atoms with van der Waals surface area (Å²) in [5, 5.41) is 3.35. The highest BCUT2D eigenvalue weighted by Gasteiger charge is 2.35.